The zero-order valence-corrected chi connectivity index (χ0v) is 8.33. The second-order valence-electron chi connectivity index (χ2n) is 3.30. The number of rotatable bonds is 1. The number of amides is 1. The molecule has 3 aliphatic rings. The van der Waals surface area contributed by atoms with Gasteiger partial charge < -0.3 is 0 Å². The van der Waals surface area contributed by atoms with Gasteiger partial charge in [-0.25, -0.2) is 9.79 Å². The van der Waals surface area contributed by atoms with E-state index in [9.17, 15) is 4.79 Å². The Morgan fingerprint density at radius 2 is 2.14 bits per heavy atom. The molecule has 1 saturated heterocycles. The fourth-order valence-corrected chi connectivity index (χ4v) is 3.62. The normalized spacial score (nSPS) is 30.9. The molecule has 1 unspecified atom stereocenters. The summed E-state index contributed by atoms with van der Waals surface area (Å²) in [5.74, 6) is 0.533. The summed E-state index contributed by atoms with van der Waals surface area (Å²) < 4.78 is 2.17. The van der Waals surface area contributed by atoms with Crippen LogP contribution in [0, 0.1) is 0 Å². The van der Waals surface area contributed by atoms with Gasteiger partial charge in [0.15, 0.2) is 0 Å². The molecule has 0 bridgehead atoms. The van der Waals surface area contributed by atoms with Gasteiger partial charge in [0.2, 0.25) is 16.9 Å². The number of hydrogen-bond donors (Lipinski definition) is 0. The highest BCUT2D eigenvalue weighted by atomic mass is 32.2. The van der Waals surface area contributed by atoms with Gasteiger partial charge in [-0.2, -0.15) is 4.99 Å². The van der Waals surface area contributed by atoms with E-state index in [-0.39, 0.29) is 5.24 Å². The molecule has 1 fully saturated rings. The molecular weight excluding hydrogens is 200 g/mol. The molecule has 3 rings (SSSR count). The van der Waals surface area contributed by atoms with Gasteiger partial charge >= 0.3 is 10.3 Å². The molecule has 0 saturated carbocycles. The van der Waals surface area contributed by atoms with Crippen LogP contribution < -0.4 is 0 Å². The van der Waals surface area contributed by atoms with Crippen LogP contribution in [0.5, 0.6) is 0 Å². The van der Waals surface area contributed by atoms with Crippen LogP contribution >= 0.6 is 0 Å². The fourth-order valence-electron chi connectivity index (χ4n) is 1.78. The number of carbonyl (C=O) groups is 1. The van der Waals surface area contributed by atoms with E-state index in [1.165, 1.54) is 19.2 Å². The predicted octanol–water partition coefficient (Wildman–Crippen LogP) is 0.588. The van der Waals surface area contributed by atoms with Crippen LogP contribution in [0.4, 0.5) is 4.79 Å². The van der Waals surface area contributed by atoms with Crippen molar-refractivity contribution in [3.63, 3.8) is 0 Å². The first-order valence-electron chi connectivity index (χ1n) is 4.59. The van der Waals surface area contributed by atoms with Crippen molar-refractivity contribution in [3.8, 4) is 0 Å². The maximum atomic E-state index is 11.6. The topological polar surface area (TPSA) is 57.4 Å². The van der Waals surface area contributed by atoms with Crippen molar-refractivity contribution >= 4 is 33.5 Å². The van der Waals surface area contributed by atoms with E-state index in [0.717, 1.165) is 18.1 Å². The SMILES string of the molecule is O=C1N=C2N=CN=C2[S+]1N1CCCC1. The second-order valence-corrected chi connectivity index (χ2v) is 5.12. The third-order valence-corrected chi connectivity index (χ3v) is 4.37. The first-order chi connectivity index (χ1) is 6.86. The number of amidine groups is 1. The van der Waals surface area contributed by atoms with E-state index in [0.29, 0.717) is 5.84 Å². The minimum Gasteiger partial charge on any atom is -0.210 e. The summed E-state index contributed by atoms with van der Waals surface area (Å²) in [6, 6.07) is 0. The Hall–Kier alpha value is -1.01. The van der Waals surface area contributed by atoms with Crippen LogP contribution in [0.15, 0.2) is 15.0 Å². The van der Waals surface area contributed by atoms with E-state index < -0.39 is 11.1 Å². The van der Waals surface area contributed by atoms with E-state index >= 15 is 0 Å². The monoisotopic (exact) mass is 209 g/mol. The Morgan fingerprint density at radius 3 is 2.93 bits per heavy atom. The van der Waals surface area contributed by atoms with Gasteiger partial charge in [0.05, 0.1) is 0 Å². The minimum absolute atomic E-state index is 0.0718. The summed E-state index contributed by atoms with van der Waals surface area (Å²) in [6.45, 7) is 1.97. The molecule has 1 amide bonds. The van der Waals surface area contributed by atoms with Crippen molar-refractivity contribution in [2.75, 3.05) is 13.1 Å². The molecule has 72 valence electrons. The molecule has 0 N–H and O–H groups in total. The molecule has 0 aliphatic carbocycles. The quantitative estimate of drug-likeness (QED) is 0.593. The molecule has 1 atom stereocenters. The Balaban J connectivity index is 1.91. The van der Waals surface area contributed by atoms with Gasteiger partial charge in [-0.15, -0.1) is 9.30 Å². The maximum absolute atomic E-state index is 11.6. The van der Waals surface area contributed by atoms with Crippen molar-refractivity contribution < 1.29 is 4.79 Å². The zero-order valence-electron chi connectivity index (χ0n) is 7.51. The first-order valence-corrected chi connectivity index (χ1v) is 5.77. The lowest BCUT2D eigenvalue weighted by Crippen LogP contribution is -2.36. The maximum Gasteiger partial charge on any atom is 0.485 e. The van der Waals surface area contributed by atoms with Crippen LogP contribution in [0.2, 0.25) is 0 Å². The van der Waals surface area contributed by atoms with Gasteiger partial charge in [0.25, 0.3) is 0 Å². The van der Waals surface area contributed by atoms with Gasteiger partial charge in [-0.3, -0.25) is 0 Å². The molecule has 0 radical (unpaired) electrons. The van der Waals surface area contributed by atoms with Crippen molar-refractivity contribution in [3.05, 3.63) is 0 Å². The number of hydrogen-bond acceptors (Lipinski definition) is 4. The smallest absolute Gasteiger partial charge is 0.210 e. The number of nitrogens with zero attached hydrogens (tertiary/aromatic N) is 4. The average molecular weight is 209 g/mol. The van der Waals surface area contributed by atoms with Crippen LogP contribution in [-0.2, 0) is 11.1 Å². The molecule has 0 aromatic rings. The lowest BCUT2D eigenvalue weighted by atomic mass is 10.4. The molecule has 14 heavy (non-hydrogen) atoms. The lowest BCUT2D eigenvalue weighted by molar-refractivity contribution is 0.266. The molecule has 0 aromatic carbocycles. The molecule has 5 nitrogen and oxygen atoms in total. The summed E-state index contributed by atoms with van der Waals surface area (Å²) >= 11 is -0.537. The van der Waals surface area contributed by atoms with Crippen LogP contribution in [-0.4, -0.2) is 39.9 Å². The highest BCUT2D eigenvalue weighted by Crippen LogP contribution is 2.25. The zero-order chi connectivity index (χ0) is 9.54. The Bertz CT molecular complexity index is 381. The van der Waals surface area contributed by atoms with E-state index in [1.807, 2.05) is 0 Å². The van der Waals surface area contributed by atoms with Crippen LogP contribution in [0.3, 0.4) is 0 Å². The Labute approximate surface area is 84.1 Å². The number of fused-ring (bicyclic) bond motifs is 1. The van der Waals surface area contributed by atoms with E-state index in [4.69, 9.17) is 0 Å². The highest BCUT2D eigenvalue weighted by Gasteiger charge is 2.53. The number of carbonyl (C=O) groups excluding carboxylic acids is 1. The van der Waals surface area contributed by atoms with Gasteiger partial charge in [0.1, 0.15) is 6.34 Å². The predicted molar refractivity (Wildman–Crippen MR) is 56.9 cm³/mol. The summed E-state index contributed by atoms with van der Waals surface area (Å²) in [6.07, 6.45) is 3.82. The average Bonchev–Trinajstić information content (AvgIpc) is 2.78. The fraction of sp³-hybridized carbons (Fsp3) is 0.500. The second kappa shape index (κ2) is 2.99. The third kappa shape index (κ3) is 1.07. The van der Waals surface area contributed by atoms with Gasteiger partial charge in [0, 0.05) is 13.1 Å². The number of aliphatic imine (C=N–C) groups is 3. The largest absolute Gasteiger partial charge is 0.485 e. The molecule has 0 aromatic heterocycles. The highest BCUT2D eigenvalue weighted by molar-refractivity contribution is 8.24. The molecular formula is C8H9N4OS+. The minimum atomic E-state index is -0.537. The molecule has 3 aliphatic heterocycles. The van der Waals surface area contributed by atoms with Crippen molar-refractivity contribution in [1.82, 2.24) is 4.31 Å². The van der Waals surface area contributed by atoms with Gasteiger partial charge in [-0.1, -0.05) is 0 Å². The first kappa shape index (κ1) is 8.31. The lowest BCUT2D eigenvalue weighted by Gasteiger charge is -2.07. The molecule has 0 spiro atoms. The van der Waals surface area contributed by atoms with Crippen molar-refractivity contribution in [2.45, 2.75) is 12.8 Å². The van der Waals surface area contributed by atoms with E-state index in [1.54, 1.807) is 0 Å². The Morgan fingerprint density at radius 1 is 1.36 bits per heavy atom. The standard InChI is InChI=1S/C8H9N4OS/c13-8-11-6-7(10-5-9-6)14(8)12-3-1-2-4-12/h5H,1-4H2/q+1. The van der Waals surface area contributed by atoms with Crippen LogP contribution in [0.25, 0.3) is 0 Å². The summed E-state index contributed by atoms with van der Waals surface area (Å²) in [5, 5.41) is 0.703. The molecule has 6 heteroatoms. The Kier molecular flexibility index (Phi) is 1.78. The van der Waals surface area contributed by atoms with Crippen molar-refractivity contribution in [2.24, 2.45) is 15.0 Å². The molecule has 3 heterocycles. The summed E-state index contributed by atoms with van der Waals surface area (Å²) in [4.78, 5) is 23.6. The van der Waals surface area contributed by atoms with E-state index in [2.05, 4.69) is 19.3 Å². The van der Waals surface area contributed by atoms with Gasteiger partial charge in [-0.05, 0) is 12.8 Å². The third-order valence-electron chi connectivity index (χ3n) is 2.42. The summed E-state index contributed by atoms with van der Waals surface area (Å²) in [7, 11) is 0. The van der Waals surface area contributed by atoms with Crippen molar-refractivity contribution in [1.29, 1.82) is 0 Å². The van der Waals surface area contributed by atoms with Crippen LogP contribution in [0.1, 0.15) is 12.8 Å². The summed E-state index contributed by atoms with van der Waals surface area (Å²) in [5.41, 5.74) is 0.